The Labute approximate surface area is 122 Å². The monoisotopic (exact) mass is 283 g/mol. The summed E-state index contributed by atoms with van der Waals surface area (Å²) in [5, 5.41) is 15.1. The summed E-state index contributed by atoms with van der Waals surface area (Å²) in [6.45, 7) is 5.02. The van der Waals surface area contributed by atoms with Gasteiger partial charge in [0.15, 0.2) is 5.84 Å². The fraction of sp³-hybridized carbons (Fsp3) is 0.867. The molecule has 1 rings (SSSR count). The van der Waals surface area contributed by atoms with Crippen molar-refractivity contribution >= 4 is 11.7 Å². The Balaban J connectivity index is 2.59. The third-order valence-corrected chi connectivity index (χ3v) is 4.58. The number of hydrogen-bond acceptors (Lipinski definition) is 3. The van der Waals surface area contributed by atoms with Gasteiger partial charge in [-0.1, -0.05) is 51.1 Å². The van der Waals surface area contributed by atoms with Gasteiger partial charge >= 0.3 is 0 Å². The Kier molecular flexibility index (Phi) is 6.82. The van der Waals surface area contributed by atoms with E-state index in [2.05, 4.69) is 24.3 Å². The van der Waals surface area contributed by atoms with Gasteiger partial charge < -0.3 is 16.3 Å². The number of carbonyl (C=O) groups is 1. The molecule has 5 heteroatoms. The van der Waals surface area contributed by atoms with Gasteiger partial charge in [-0.05, 0) is 25.2 Å². The van der Waals surface area contributed by atoms with Gasteiger partial charge in [0, 0.05) is 6.54 Å². The highest BCUT2D eigenvalue weighted by Crippen LogP contribution is 2.38. The summed E-state index contributed by atoms with van der Waals surface area (Å²) in [7, 11) is 0. The van der Waals surface area contributed by atoms with Crippen molar-refractivity contribution in [3.8, 4) is 0 Å². The molecule has 1 unspecified atom stereocenters. The molecule has 1 aliphatic carbocycles. The van der Waals surface area contributed by atoms with E-state index in [0.717, 1.165) is 25.7 Å². The minimum atomic E-state index is -0.780. The molecule has 1 amide bonds. The first-order valence-electron chi connectivity index (χ1n) is 7.87. The van der Waals surface area contributed by atoms with Crippen LogP contribution in [-0.4, -0.2) is 23.5 Å². The Bertz CT molecular complexity index is 336. The lowest BCUT2D eigenvalue weighted by atomic mass is 9.83. The van der Waals surface area contributed by atoms with Crippen LogP contribution in [0, 0.1) is 11.3 Å². The molecule has 0 aromatic rings. The molecule has 20 heavy (non-hydrogen) atoms. The highest BCUT2D eigenvalue weighted by atomic mass is 16.4. The first kappa shape index (κ1) is 16.8. The van der Waals surface area contributed by atoms with E-state index in [1.165, 1.54) is 12.8 Å². The van der Waals surface area contributed by atoms with E-state index in [1.807, 2.05) is 0 Å². The summed E-state index contributed by atoms with van der Waals surface area (Å²) in [5.74, 6) is 0.513. The van der Waals surface area contributed by atoms with E-state index in [9.17, 15) is 4.79 Å². The average molecular weight is 283 g/mol. The van der Waals surface area contributed by atoms with Gasteiger partial charge in [-0.2, -0.15) is 0 Å². The summed E-state index contributed by atoms with van der Waals surface area (Å²) in [6, 6.07) is 0. The first-order chi connectivity index (χ1) is 9.60. The zero-order chi connectivity index (χ0) is 15.0. The molecule has 0 aliphatic heterocycles. The molecule has 4 N–H and O–H groups in total. The fourth-order valence-electron chi connectivity index (χ4n) is 3.02. The molecule has 0 aromatic heterocycles. The molecule has 0 radical (unpaired) electrons. The van der Waals surface area contributed by atoms with Crippen molar-refractivity contribution < 1.29 is 10.0 Å². The van der Waals surface area contributed by atoms with E-state index in [1.54, 1.807) is 0 Å². The van der Waals surface area contributed by atoms with Crippen molar-refractivity contribution in [1.82, 2.24) is 5.32 Å². The highest BCUT2D eigenvalue weighted by molar-refractivity contribution is 6.07. The number of nitrogens with zero attached hydrogens (tertiary/aromatic N) is 1. The van der Waals surface area contributed by atoms with E-state index < -0.39 is 5.41 Å². The average Bonchev–Trinajstić information content (AvgIpc) is 2.97. The van der Waals surface area contributed by atoms with Crippen LogP contribution in [0.5, 0.6) is 0 Å². The van der Waals surface area contributed by atoms with E-state index in [-0.39, 0.29) is 11.7 Å². The van der Waals surface area contributed by atoms with Crippen molar-refractivity contribution in [3.05, 3.63) is 0 Å². The molecular formula is C15H29N3O2. The van der Waals surface area contributed by atoms with Crippen LogP contribution in [0.25, 0.3) is 0 Å². The summed E-state index contributed by atoms with van der Waals surface area (Å²) >= 11 is 0. The zero-order valence-corrected chi connectivity index (χ0v) is 12.8. The standard InChI is InChI=1S/C15H29N3O2/c1-3-5-8-12(4-2)11-17-14(19)15(13(16)18-20)9-6-7-10-15/h12,20H,3-11H2,1-2H3,(H2,16,18)(H,17,19). The van der Waals surface area contributed by atoms with Crippen molar-refractivity contribution in [2.24, 2.45) is 22.2 Å². The molecule has 0 saturated heterocycles. The number of amides is 1. The van der Waals surface area contributed by atoms with Crippen LogP contribution in [0.1, 0.15) is 65.2 Å². The maximum absolute atomic E-state index is 12.5. The van der Waals surface area contributed by atoms with E-state index in [4.69, 9.17) is 10.9 Å². The van der Waals surface area contributed by atoms with Gasteiger partial charge in [-0.25, -0.2) is 0 Å². The van der Waals surface area contributed by atoms with Gasteiger partial charge in [0.2, 0.25) is 5.91 Å². The van der Waals surface area contributed by atoms with Crippen LogP contribution in [0.15, 0.2) is 5.16 Å². The zero-order valence-electron chi connectivity index (χ0n) is 12.8. The van der Waals surface area contributed by atoms with Crippen LogP contribution in [0.2, 0.25) is 0 Å². The van der Waals surface area contributed by atoms with Crippen molar-refractivity contribution in [1.29, 1.82) is 0 Å². The predicted octanol–water partition coefficient (Wildman–Crippen LogP) is 2.63. The number of nitrogens with one attached hydrogen (secondary N) is 1. The maximum atomic E-state index is 12.5. The second kappa shape index (κ2) is 8.12. The Morgan fingerprint density at radius 1 is 1.40 bits per heavy atom. The normalized spacial score (nSPS) is 19.8. The van der Waals surface area contributed by atoms with Gasteiger partial charge in [0.25, 0.3) is 0 Å². The van der Waals surface area contributed by atoms with Gasteiger partial charge in [-0.3, -0.25) is 4.79 Å². The van der Waals surface area contributed by atoms with Crippen LogP contribution in [0.4, 0.5) is 0 Å². The van der Waals surface area contributed by atoms with Crippen LogP contribution < -0.4 is 11.1 Å². The number of carbonyl (C=O) groups excluding carboxylic acids is 1. The minimum absolute atomic E-state index is 0.0640. The van der Waals surface area contributed by atoms with Crippen LogP contribution in [0.3, 0.4) is 0 Å². The minimum Gasteiger partial charge on any atom is -0.409 e. The molecule has 1 saturated carbocycles. The summed E-state index contributed by atoms with van der Waals surface area (Å²) in [4.78, 5) is 12.5. The van der Waals surface area contributed by atoms with Gasteiger partial charge in [0.05, 0.1) is 0 Å². The van der Waals surface area contributed by atoms with E-state index >= 15 is 0 Å². The van der Waals surface area contributed by atoms with Crippen LogP contribution in [-0.2, 0) is 4.79 Å². The SMILES string of the molecule is CCCCC(CC)CNC(=O)C1(C(N)=NO)CCCC1. The first-order valence-corrected chi connectivity index (χ1v) is 7.87. The molecule has 5 nitrogen and oxygen atoms in total. The summed E-state index contributed by atoms with van der Waals surface area (Å²) in [6.07, 6.45) is 7.85. The second-order valence-electron chi connectivity index (χ2n) is 5.90. The third-order valence-electron chi connectivity index (χ3n) is 4.58. The van der Waals surface area contributed by atoms with Crippen molar-refractivity contribution in [2.75, 3.05) is 6.54 Å². The smallest absolute Gasteiger partial charge is 0.233 e. The summed E-state index contributed by atoms with van der Waals surface area (Å²) < 4.78 is 0. The van der Waals surface area contributed by atoms with Gasteiger partial charge in [0.1, 0.15) is 5.41 Å². The molecule has 1 atom stereocenters. The van der Waals surface area contributed by atoms with Gasteiger partial charge in [-0.15, -0.1) is 0 Å². The second-order valence-corrected chi connectivity index (χ2v) is 5.90. The fourth-order valence-corrected chi connectivity index (χ4v) is 3.02. The van der Waals surface area contributed by atoms with Crippen molar-refractivity contribution in [2.45, 2.75) is 65.2 Å². The third kappa shape index (κ3) is 3.87. The predicted molar refractivity (Wildman–Crippen MR) is 80.6 cm³/mol. The topological polar surface area (TPSA) is 87.7 Å². The number of unbranched alkanes of at least 4 members (excludes halogenated alkanes) is 1. The Morgan fingerprint density at radius 2 is 2.05 bits per heavy atom. The molecule has 0 bridgehead atoms. The number of rotatable bonds is 8. The summed E-state index contributed by atoms with van der Waals surface area (Å²) in [5.41, 5.74) is 4.99. The molecule has 1 fully saturated rings. The maximum Gasteiger partial charge on any atom is 0.233 e. The molecule has 0 spiro atoms. The number of oxime groups is 1. The lowest BCUT2D eigenvalue weighted by molar-refractivity contribution is -0.127. The number of hydrogen-bond donors (Lipinski definition) is 3. The molecule has 0 aromatic carbocycles. The number of amidine groups is 1. The number of nitrogens with two attached hydrogens (primary N) is 1. The Morgan fingerprint density at radius 3 is 2.55 bits per heavy atom. The molecule has 116 valence electrons. The quantitative estimate of drug-likeness (QED) is 0.277. The highest BCUT2D eigenvalue weighted by Gasteiger charge is 2.45. The largest absolute Gasteiger partial charge is 0.409 e. The molecular weight excluding hydrogens is 254 g/mol. The molecule has 1 aliphatic rings. The van der Waals surface area contributed by atoms with E-state index in [0.29, 0.717) is 25.3 Å². The van der Waals surface area contributed by atoms with Crippen molar-refractivity contribution in [3.63, 3.8) is 0 Å². The van der Waals surface area contributed by atoms with Crippen LogP contribution >= 0.6 is 0 Å². The molecule has 0 heterocycles. The lowest BCUT2D eigenvalue weighted by Crippen LogP contribution is -2.49. The lowest BCUT2D eigenvalue weighted by Gasteiger charge is -2.27. The Hall–Kier alpha value is -1.26.